The summed E-state index contributed by atoms with van der Waals surface area (Å²) >= 11 is 0. The Labute approximate surface area is 281 Å². The smallest absolute Gasteiger partial charge is 0.407 e. The molecule has 0 saturated carbocycles. The zero-order valence-corrected chi connectivity index (χ0v) is 28.8. The second-order valence-electron chi connectivity index (χ2n) is 13.4. The fraction of sp³-hybridized carbons (Fsp3) is 0.606. The van der Waals surface area contributed by atoms with Crippen LogP contribution in [0.4, 0.5) is 4.79 Å². The van der Waals surface area contributed by atoms with Crippen LogP contribution in [0.5, 0.6) is 0 Å². The summed E-state index contributed by atoms with van der Waals surface area (Å²) in [6.07, 6.45) is 3.05. The average Bonchev–Trinajstić information content (AvgIpc) is 3.38. The summed E-state index contributed by atoms with van der Waals surface area (Å²) in [4.78, 5) is 70.7. The molecule has 5 N–H and O–H groups in total. The number of benzene rings is 1. The van der Waals surface area contributed by atoms with Gasteiger partial charge < -0.3 is 35.7 Å². The lowest BCUT2D eigenvalue weighted by molar-refractivity contribution is -0.156. The molecular weight excluding hydrogens is 620 g/mol. The molecule has 0 aliphatic heterocycles. The van der Waals surface area contributed by atoms with Gasteiger partial charge in [0.25, 0.3) is 0 Å². The van der Waals surface area contributed by atoms with E-state index in [-0.39, 0.29) is 25.9 Å². The summed E-state index contributed by atoms with van der Waals surface area (Å²) in [5.74, 6) is -2.36. The molecule has 0 aliphatic carbocycles. The molecule has 15 nitrogen and oxygen atoms in total. The molecule has 15 heteroatoms. The maximum absolute atomic E-state index is 13.7. The van der Waals surface area contributed by atoms with Crippen molar-refractivity contribution in [1.29, 1.82) is 0 Å². The van der Waals surface area contributed by atoms with Crippen molar-refractivity contribution in [2.45, 2.75) is 110 Å². The van der Waals surface area contributed by atoms with Crippen LogP contribution in [0.2, 0.25) is 0 Å². The van der Waals surface area contributed by atoms with E-state index in [1.165, 1.54) is 0 Å². The first kappa shape index (κ1) is 39.4. The van der Waals surface area contributed by atoms with Crippen LogP contribution < -0.4 is 21.3 Å². The fourth-order valence-electron chi connectivity index (χ4n) is 4.67. The lowest BCUT2D eigenvalue weighted by Gasteiger charge is -2.25. The number of esters is 1. The average molecular weight is 671 g/mol. The van der Waals surface area contributed by atoms with E-state index in [9.17, 15) is 24.0 Å². The van der Waals surface area contributed by atoms with Gasteiger partial charge in [-0.05, 0) is 84.4 Å². The van der Waals surface area contributed by atoms with Crippen LogP contribution in [0.25, 0.3) is 21.3 Å². The molecule has 264 valence electrons. The number of aromatic amines is 1. The molecule has 1 heterocycles. The number of hydrogen-bond acceptors (Lipinski definition) is 8. The zero-order valence-electron chi connectivity index (χ0n) is 28.8. The van der Waals surface area contributed by atoms with Gasteiger partial charge in [0.1, 0.15) is 23.3 Å². The topological polar surface area (TPSA) is 216 Å². The number of amides is 4. The molecule has 1 aromatic carbocycles. The van der Waals surface area contributed by atoms with Crippen molar-refractivity contribution in [2.24, 2.45) is 5.11 Å². The first-order valence-corrected chi connectivity index (χ1v) is 16.2. The normalized spacial score (nSPS) is 12.6. The second kappa shape index (κ2) is 19.1. The summed E-state index contributed by atoms with van der Waals surface area (Å²) < 4.78 is 10.7. The van der Waals surface area contributed by atoms with Crippen molar-refractivity contribution in [3.05, 3.63) is 46.5 Å². The maximum Gasteiger partial charge on any atom is 0.407 e. The van der Waals surface area contributed by atoms with Gasteiger partial charge in [-0.15, -0.1) is 0 Å². The molecule has 48 heavy (non-hydrogen) atoms. The molecule has 0 bridgehead atoms. The van der Waals surface area contributed by atoms with E-state index >= 15 is 0 Å². The van der Waals surface area contributed by atoms with Crippen LogP contribution >= 0.6 is 0 Å². The van der Waals surface area contributed by atoms with E-state index < -0.39 is 59.5 Å². The number of ether oxygens (including phenoxy) is 2. The third kappa shape index (κ3) is 15.7. The van der Waals surface area contributed by atoms with Gasteiger partial charge in [0, 0.05) is 41.6 Å². The molecule has 2 rings (SSSR count). The third-order valence-corrected chi connectivity index (χ3v) is 6.74. The van der Waals surface area contributed by atoms with Gasteiger partial charge in [0.2, 0.25) is 17.7 Å². The van der Waals surface area contributed by atoms with Gasteiger partial charge in [-0.2, -0.15) is 0 Å². The monoisotopic (exact) mass is 670 g/mol. The molecule has 2 aromatic rings. The maximum atomic E-state index is 13.7. The third-order valence-electron chi connectivity index (χ3n) is 6.74. The van der Waals surface area contributed by atoms with Crippen LogP contribution in [0, 0.1) is 0 Å². The van der Waals surface area contributed by atoms with Crippen molar-refractivity contribution >= 4 is 40.7 Å². The van der Waals surface area contributed by atoms with Crippen molar-refractivity contribution in [3.63, 3.8) is 0 Å². The number of fused-ring (bicyclic) bond motifs is 1. The van der Waals surface area contributed by atoms with Crippen LogP contribution in [0.15, 0.2) is 35.6 Å². The minimum Gasteiger partial charge on any atom is -0.460 e. The molecule has 0 aliphatic rings. The number of azide groups is 1. The van der Waals surface area contributed by atoms with Crippen LogP contribution in [-0.2, 0) is 35.1 Å². The summed E-state index contributed by atoms with van der Waals surface area (Å²) in [5.41, 5.74) is 8.52. The molecule has 0 spiro atoms. The van der Waals surface area contributed by atoms with E-state index in [0.717, 1.165) is 16.5 Å². The highest BCUT2D eigenvalue weighted by molar-refractivity contribution is 5.95. The first-order valence-electron chi connectivity index (χ1n) is 16.2. The number of unbranched alkanes of at least 4 members (excludes halogenated alkanes) is 2. The molecule has 2 atom stereocenters. The van der Waals surface area contributed by atoms with E-state index in [0.29, 0.717) is 32.2 Å². The van der Waals surface area contributed by atoms with Gasteiger partial charge in [0.05, 0.1) is 12.8 Å². The van der Waals surface area contributed by atoms with Crippen molar-refractivity contribution in [3.8, 4) is 0 Å². The molecule has 4 amide bonds. The Balaban J connectivity index is 2.15. The fourth-order valence-corrected chi connectivity index (χ4v) is 4.67. The minimum atomic E-state index is -1.27. The van der Waals surface area contributed by atoms with Crippen molar-refractivity contribution in [1.82, 2.24) is 26.3 Å². The largest absolute Gasteiger partial charge is 0.460 e. The van der Waals surface area contributed by atoms with Gasteiger partial charge in [-0.3, -0.25) is 19.2 Å². The Morgan fingerprint density at radius 1 is 0.854 bits per heavy atom. The highest BCUT2D eigenvalue weighted by Crippen LogP contribution is 2.18. The standard InChI is InChI=1S/C33H50N8O7/c1-32(2,3)47-28(43)20-26(29(44)35-16-10-7-11-18-38-41-34)40-30(45)25(15-12-17-36-31(46)48-33(4,5)6)39-27(42)19-22-21-37-24-14-9-8-13-23(22)24/h8-9,13-14,21,25-26,37H,7,10-12,15-20H2,1-6H3,(H,35,44)(H,36,46)(H,39,42)(H,40,45)/t25-,26-/m0/s1. The van der Waals surface area contributed by atoms with E-state index in [1.807, 2.05) is 24.3 Å². The SMILES string of the molecule is CC(C)(C)OC(=O)C[C@H](NC(=O)[C@H](CCCNC(=O)OC(C)(C)C)NC(=O)Cc1c[nH]c2ccccc12)C(=O)NCCCCCN=[N+]=[N-]. The van der Waals surface area contributed by atoms with E-state index in [1.54, 1.807) is 47.7 Å². The van der Waals surface area contributed by atoms with Crippen LogP contribution in [0.1, 0.15) is 85.6 Å². The number of rotatable bonds is 18. The highest BCUT2D eigenvalue weighted by atomic mass is 16.6. The lowest BCUT2D eigenvalue weighted by Crippen LogP contribution is -2.55. The highest BCUT2D eigenvalue weighted by Gasteiger charge is 2.30. The van der Waals surface area contributed by atoms with Crippen LogP contribution in [-0.4, -0.2) is 77.7 Å². The number of nitrogens with zero attached hydrogens (tertiary/aromatic N) is 3. The van der Waals surface area contributed by atoms with Gasteiger partial charge >= 0.3 is 12.1 Å². The predicted molar refractivity (Wildman–Crippen MR) is 181 cm³/mol. The van der Waals surface area contributed by atoms with Gasteiger partial charge in [0.15, 0.2) is 0 Å². The predicted octanol–water partition coefficient (Wildman–Crippen LogP) is 4.31. The quantitative estimate of drug-likeness (QED) is 0.0508. The summed E-state index contributed by atoms with van der Waals surface area (Å²) in [6, 6.07) is 5.17. The number of H-pyrrole nitrogens is 1. The number of carbonyl (C=O) groups excluding carboxylic acids is 5. The summed E-state index contributed by atoms with van der Waals surface area (Å²) in [7, 11) is 0. The molecule has 0 unspecified atom stereocenters. The molecule has 0 radical (unpaired) electrons. The Kier molecular flexibility index (Phi) is 15.7. The molecule has 0 saturated heterocycles. The van der Waals surface area contributed by atoms with Crippen molar-refractivity contribution < 1.29 is 33.4 Å². The molecule has 0 fully saturated rings. The van der Waals surface area contributed by atoms with Crippen LogP contribution in [0.3, 0.4) is 0 Å². The zero-order chi connectivity index (χ0) is 35.7. The van der Waals surface area contributed by atoms with Gasteiger partial charge in [-0.1, -0.05) is 29.7 Å². The van der Waals surface area contributed by atoms with E-state index in [2.05, 4.69) is 36.3 Å². The number of hydrogen-bond donors (Lipinski definition) is 5. The van der Waals surface area contributed by atoms with Gasteiger partial charge in [-0.25, -0.2) is 4.79 Å². The Hall–Kier alpha value is -4.78. The first-order chi connectivity index (χ1) is 22.6. The van der Waals surface area contributed by atoms with E-state index in [4.69, 9.17) is 15.0 Å². The Morgan fingerprint density at radius 2 is 1.54 bits per heavy atom. The number of alkyl carbamates (subject to hydrolysis) is 1. The van der Waals surface area contributed by atoms with Crippen molar-refractivity contribution in [2.75, 3.05) is 19.6 Å². The number of para-hydroxylation sites is 1. The number of aromatic nitrogens is 1. The molecule has 1 aromatic heterocycles. The lowest BCUT2D eigenvalue weighted by atomic mass is 10.1. The number of nitrogens with one attached hydrogen (secondary N) is 5. The minimum absolute atomic E-state index is 0.00848. The second-order valence-corrected chi connectivity index (χ2v) is 13.4. The summed E-state index contributed by atoms with van der Waals surface area (Å²) in [6.45, 7) is 11.1. The Morgan fingerprint density at radius 3 is 2.23 bits per heavy atom. The Bertz CT molecular complexity index is 1440. The summed E-state index contributed by atoms with van der Waals surface area (Å²) in [5, 5.41) is 15.1. The molecular formula is C33H50N8O7. The number of carbonyl (C=O) groups is 5.